The number of fused-ring (bicyclic) bond motifs is 1. The zero-order chi connectivity index (χ0) is 26.1. The number of aryl methyl sites for hydroxylation is 1. The summed E-state index contributed by atoms with van der Waals surface area (Å²) >= 11 is -1.48. The Balaban J connectivity index is 1.08. The van der Waals surface area contributed by atoms with Crippen molar-refractivity contribution in [2.75, 3.05) is 37.4 Å². The zero-order valence-corrected chi connectivity index (χ0v) is 22.4. The van der Waals surface area contributed by atoms with Gasteiger partial charge < -0.3 is 9.45 Å². The third-order valence-electron chi connectivity index (χ3n) is 7.90. The van der Waals surface area contributed by atoms with E-state index in [-0.39, 0.29) is 5.91 Å². The van der Waals surface area contributed by atoms with Gasteiger partial charge in [0.05, 0.1) is 5.69 Å². The van der Waals surface area contributed by atoms with Crippen molar-refractivity contribution in [1.82, 2.24) is 14.8 Å². The van der Waals surface area contributed by atoms with Gasteiger partial charge in [0.2, 0.25) is 4.90 Å². The first-order valence-corrected chi connectivity index (χ1v) is 14.4. The Labute approximate surface area is 227 Å². The van der Waals surface area contributed by atoms with Gasteiger partial charge in [0, 0.05) is 55.3 Å². The molecule has 2 aliphatic rings. The molecular weight excluding hydrogens is 492 g/mol. The monoisotopic (exact) mass is 524 g/mol. The molecule has 1 aromatic heterocycles. The molecule has 1 atom stereocenters. The van der Waals surface area contributed by atoms with Crippen molar-refractivity contribution < 1.29 is 9.35 Å². The number of carbonyl (C=O) groups excluding carboxylic acids is 1. The van der Waals surface area contributed by atoms with Crippen LogP contribution in [-0.4, -0.2) is 58.0 Å². The number of hydrogen-bond donors (Lipinski definition) is 1. The van der Waals surface area contributed by atoms with Crippen LogP contribution >= 0.6 is 0 Å². The minimum absolute atomic E-state index is 0.0582. The van der Waals surface area contributed by atoms with Crippen molar-refractivity contribution in [3.05, 3.63) is 102 Å². The Hall–Kier alpha value is -3.39. The van der Waals surface area contributed by atoms with E-state index >= 15 is 0 Å². The summed E-state index contributed by atoms with van der Waals surface area (Å²) in [4.78, 5) is 22.8. The Morgan fingerprint density at radius 3 is 2.47 bits per heavy atom. The van der Waals surface area contributed by atoms with E-state index in [1.807, 2.05) is 60.4 Å². The van der Waals surface area contributed by atoms with E-state index in [4.69, 9.17) is 0 Å². The van der Waals surface area contributed by atoms with Gasteiger partial charge in [0.25, 0.3) is 5.91 Å². The first kappa shape index (κ1) is 24.9. The van der Waals surface area contributed by atoms with Crippen LogP contribution in [0.2, 0.25) is 0 Å². The number of carbonyl (C=O) groups is 1. The fourth-order valence-corrected chi connectivity index (χ4v) is 6.58. The first-order valence-electron chi connectivity index (χ1n) is 13.2. The zero-order valence-electron chi connectivity index (χ0n) is 21.6. The number of para-hydroxylation sites is 1. The first-order chi connectivity index (χ1) is 18.5. The highest BCUT2D eigenvalue weighted by Crippen LogP contribution is 2.48. The van der Waals surface area contributed by atoms with Gasteiger partial charge >= 0.3 is 0 Å². The van der Waals surface area contributed by atoms with Crippen molar-refractivity contribution >= 4 is 33.9 Å². The maximum Gasteiger partial charge on any atom is 0.253 e. The van der Waals surface area contributed by atoms with Crippen molar-refractivity contribution in [3.63, 3.8) is 0 Å². The second-order valence-corrected chi connectivity index (χ2v) is 11.6. The molecule has 4 aromatic rings. The van der Waals surface area contributed by atoms with Crippen molar-refractivity contribution in [2.45, 2.75) is 30.1 Å². The highest BCUT2D eigenvalue weighted by atomic mass is 32.2. The molecule has 0 spiro atoms. The van der Waals surface area contributed by atoms with Crippen LogP contribution in [-0.2, 0) is 16.8 Å². The van der Waals surface area contributed by atoms with Crippen LogP contribution in [0.25, 0.3) is 10.9 Å². The average molecular weight is 525 g/mol. The van der Waals surface area contributed by atoms with Gasteiger partial charge in [-0.15, -0.1) is 0 Å². The van der Waals surface area contributed by atoms with E-state index in [1.165, 1.54) is 18.4 Å². The topological polar surface area (TPSA) is 71.5 Å². The van der Waals surface area contributed by atoms with Crippen LogP contribution in [0.3, 0.4) is 0 Å². The molecular formula is C31H32N4O2S. The second kappa shape index (κ2) is 10.4. The molecule has 0 bridgehead atoms. The van der Waals surface area contributed by atoms with Crippen LogP contribution in [0.15, 0.2) is 90.0 Å². The Morgan fingerprint density at radius 2 is 1.74 bits per heavy atom. The fraction of sp³-hybridized carbons (Fsp3) is 0.290. The normalized spacial score (nSPS) is 17.8. The molecule has 38 heavy (non-hydrogen) atoms. The largest absolute Gasteiger partial charge is 0.588 e. The van der Waals surface area contributed by atoms with E-state index in [0.29, 0.717) is 15.9 Å². The number of pyridine rings is 1. The van der Waals surface area contributed by atoms with Gasteiger partial charge in [-0.1, -0.05) is 48.5 Å². The molecule has 0 radical (unpaired) electrons. The molecule has 1 amide bonds. The summed E-state index contributed by atoms with van der Waals surface area (Å²) in [5.74, 6) is 0.0582. The van der Waals surface area contributed by atoms with E-state index in [0.717, 1.165) is 54.9 Å². The Bertz CT molecular complexity index is 1440. The fourth-order valence-electron chi connectivity index (χ4n) is 5.49. The van der Waals surface area contributed by atoms with Gasteiger partial charge in [0.15, 0.2) is 0 Å². The summed E-state index contributed by atoms with van der Waals surface area (Å²) in [6.07, 6.45) is 4.21. The summed E-state index contributed by atoms with van der Waals surface area (Å²) in [6, 6.07) is 25.9. The van der Waals surface area contributed by atoms with Crippen LogP contribution < -0.4 is 4.72 Å². The van der Waals surface area contributed by atoms with Crippen LogP contribution in [0, 0.1) is 6.92 Å². The van der Waals surface area contributed by atoms with Gasteiger partial charge in [0.1, 0.15) is 16.9 Å². The van der Waals surface area contributed by atoms with Crippen LogP contribution in [0.5, 0.6) is 0 Å². The van der Waals surface area contributed by atoms with E-state index in [2.05, 4.69) is 44.9 Å². The van der Waals surface area contributed by atoms with Crippen LogP contribution in [0.4, 0.5) is 5.69 Å². The SMILES string of the molecule is Cc1cc(C(=O)N2CCN(CC3(c4ccccc4)CC3)CC2)ccc1N[S+]([O-])c1cccc2cccnc12. The molecule has 1 aliphatic heterocycles. The molecule has 2 fully saturated rings. The number of benzene rings is 3. The van der Waals surface area contributed by atoms with Gasteiger partial charge in [-0.3, -0.25) is 14.7 Å². The molecule has 7 heteroatoms. The lowest BCUT2D eigenvalue weighted by Crippen LogP contribution is -2.50. The summed E-state index contributed by atoms with van der Waals surface area (Å²) in [5.41, 5.74) is 4.77. The smallest absolute Gasteiger partial charge is 0.253 e. The van der Waals surface area contributed by atoms with Gasteiger partial charge in [-0.2, -0.15) is 0 Å². The number of rotatable bonds is 7. The predicted octanol–water partition coefficient (Wildman–Crippen LogP) is 5.17. The Kier molecular flexibility index (Phi) is 6.82. The highest BCUT2D eigenvalue weighted by Gasteiger charge is 2.45. The quantitative estimate of drug-likeness (QED) is 0.338. The van der Waals surface area contributed by atoms with E-state index in [1.54, 1.807) is 6.20 Å². The molecule has 1 N–H and O–H groups in total. The average Bonchev–Trinajstić information content (AvgIpc) is 3.75. The number of amides is 1. The summed E-state index contributed by atoms with van der Waals surface area (Å²) in [6.45, 7) is 6.28. The summed E-state index contributed by atoms with van der Waals surface area (Å²) < 4.78 is 16.3. The van der Waals surface area contributed by atoms with Gasteiger partial charge in [-0.25, -0.2) is 4.72 Å². The number of piperazine rings is 1. The van der Waals surface area contributed by atoms with Crippen LogP contribution in [0.1, 0.15) is 34.3 Å². The number of nitrogens with one attached hydrogen (secondary N) is 1. The van der Waals surface area contributed by atoms with Gasteiger partial charge in [-0.05, 0) is 61.2 Å². The number of anilines is 1. The molecule has 1 aliphatic carbocycles. The van der Waals surface area contributed by atoms with Crippen molar-refractivity contribution in [2.24, 2.45) is 0 Å². The van der Waals surface area contributed by atoms with Crippen molar-refractivity contribution in [3.8, 4) is 0 Å². The molecule has 3 aromatic carbocycles. The third kappa shape index (κ3) is 5.01. The molecule has 1 saturated heterocycles. The minimum atomic E-state index is -1.48. The van der Waals surface area contributed by atoms with Crippen molar-refractivity contribution in [1.29, 1.82) is 0 Å². The second-order valence-electron chi connectivity index (χ2n) is 10.4. The molecule has 6 rings (SSSR count). The molecule has 6 nitrogen and oxygen atoms in total. The van der Waals surface area contributed by atoms with E-state index < -0.39 is 11.4 Å². The van der Waals surface area contributed by atoms with E-state index in [9.17, 15) is 9.35 Å². The lowest BCUT2D eigenvalue weighted by atomic mass is 9.95. The summed E-state index contributed by atoms with van der Waals surface area (Å²) in [7, 11) is 0. The highest BCUT2D eigenvalue weighted by molar-refractivity contribution is 7.93. The molecule has 2 heterocycles. The standard InChI is InChI=1S/C31H32N4O2S/c1-23-21-25(12-13-27(23)33-38(37)28-11-5-7-24-8-6-16-32-29(24)28)30(36)35-19-17-34(18-20-35)22-31(14-15-31)26-9-3-2-4-10-26/h2-13,16,21,33H,14-15,17-20,22H2,1H3. The minimum Gasteiger partial charge on any atom is -0.588 e. The predicted molar refractivity (Wildman–Crippen MR) is 153 cm³/mol. The lowest BCUT2D eigenvalue weighted by molar-refractivity contribution is 0.0626. The third-order valence-corrected chi connectivity index (χ3v) is 9.03. The molecule has 1 saturated carbocycles. The number of aromatic nitrogens is 1. The number of nitrogens with zero attached hydrogens (tertiary/aromatic N) is 3. The maximum atomic E-state index is 13.3. The lowest BCUT2D eigenvalue weighted by Gasteiger charge is -2.37. The summed E-state index contributed by atoms with van der Waals surface area (Å²) in [5, 5.41) is 0.949. The maximum absolute atomic E-state index is 13.3. The molecule has 194 valence electrons. The molecule has 1 unspecified atom stereocenters. The number of hydrogen-bond acceptors (Lipinski definition) is 5. The Morgan fingerprint density at radius 1 is 0.974 bits per heavy atom.